The van der Waals surface area contributed by atoms with Gasteiger partial charge in [-0.1, -0.05) is 0 Å². The number of hydrogen-bond donors (Lipinski definition) is 1. The fraction of sp³-hybridized carbons (Fsp3) is 0.333. The molecule has 0 aliphatic carbocycles. The molecule has 0 radical (unpaired) electrons. The summed E-state index contributed by atoms with van der Waals surface area (Å²) in [6, 6.07) is -0.0794. The van der Waals surface area contributed by atoms with Crippen LogP contribution >= 0.6 is 0 Å². The third kappa shape index (κ3) is 2.08. The van der Waals surface area contributed by atoms with E-state index in [1.165, 1.54) is 13.8 Å². The molecule has 0 bridgehead atoms. The van der Waals surface area contributed by atoms with E-state index < -0.39 is 22.5 Å². The number of pyridine rings is 1. The zero-order valence-corrected chi connectivity index (χ0v) is 8.71. The molecule has 86 valence electrons. The predicted octanol–water partition coefficient (Wildman–Crippen LogP) is 0.711. The maximum atomic E-state index is 11.4. The number of carboxylic acid groups (broad SMARTS) is 1. The standard InChI is InChI=1S/C9H10N2O5/c1-5-3-8(12)10(6(2)9(13)14)4-7(5)11(15)16/h3-4,6H,1-2H3,(H,13,14). The second kappa shape index (κ2) is 4.13. The van der Waals surface area contributed by atoms with Crippen molar-refractivity contribution in [2.24, 2.45) is 0 Å². The fourth-order valence-corrected chi connectivity index (χ4v) is 1.24. The van der Waals surface area contributed by atoms with Crippen molar-refractivity contribution in [1.29, 1.82) is 0 Å². The van der Waals surface area contributed by atoms with E-state index in [1.807, 2.05) is 0 Å². The van der Waals surface area contributed by atoms with Gasteiger partial charge in [0.2, 0.25) is 0 Å². The second-order valence-electron chi connectivity index (χ2n) is 3.36. The molecule has 0 amide bonds. The summed E-state index contributed by atoms with van der Waals surface area (Å²) in [5, 5.41) is 19.3. The number of nitro groups is 1. The molecule has 0 spiro atoms. The van der Waals surface area contributed by atoms with Crippen molar-refractivity contribution in [3.8, 4) is 0 Å². The lowest BCUT2D eigenvalue weighted by Crippen LogP contribution is -2.27. The summed E-state index contributed by atoms with van der Waals surface area (Å²) in [6.45, 7) is 2.71. The maximum Gasteiger partial charge on any atom is 0.326 e. The third-order valence-corrected chi connectivity index (χ3v) is 2.23. The molecule has 16 heavy (non-hydrogen) atoms. The lowest BCUT2D eigenvalue weighted by Gasteiger charge is -2.10. The minimum atomic E-state index is -1.22. The predicted molar refractivity (Wildman–Crippen MR) is 54.4 cm³/mol. The van der Waals surface area contributed by atoms with Crippen molar-refractivity contribution in [3.63, 3.8) is 0 Å². The maximum absolute atomic E-state index is 11.4. The van der Waals surface area contributed by atoms with Gasteiger partial charge in [0.05, 0.1) is 11.1 Å². The first-order valence-corrected chi connectivity index (χ1v) is 4.44. The molecule has 0 aliphatic rings. The SMILES string of the molecule is Cc1cc(=O)n(C(C)C(=O)O)cc1[N+](=O)[O-]. The molecular weight excluding hydrogens is 216 g/mol. The number of hydrogen-bond acceptors (Lipinski definition) is 4. The highest BCUT2D eigenvalue weighted by Gasteiger charge is 2.19. The highest BCUT2D eigenvalue weighted by molar-refractivity contribution is 5.71. The van der Waals surface area contributed by atoms with Crippen LogP contribution in [-0.2, 0) is 4.79 Å². The molecule has 0 aromatic carbocycles. The van der Waals surface area contributed by atoms with Crippen LogP contribution in [0.25, 0.3) is 0 Å². The number of carboxylic acids is 1. The van der Waals surface area contributed by atoms with Crippen LogP contribution in [0.4, 0.5) is 5.69 Å². The van der Waals surface area contributed by atoms with Crippen LogP contribution in [-0.4, -0.2) is 20.6 Å². The monoisotopic (exact) mass is 226 g/mol. The summed E-state index contributed by atoms with van der Waals surface area (Å²) in [5.74, 6) is -1.22. The van der Waals surface area contributed by atoms with Gasteiger partial charge in [-0.2, -0.15) is 0 Å². The molecule has 7 heteroatoms. The molecule has 1 N–H and O–H groups in total. The van der Waals surface area contributed by atoms with Gasteiger partial charge >= 0.3 is 5.97 Å². The lowest BCUT2D eigenvalue weighted by atomic mass is 10.2. The molecule has 0 fully saturated rings. The van der Waals surface area contributed by atoms with E-state index in [0.717, 1.165) is 16.8 Å². The Kier molecular flexibility index (Phi) is 3.07. The quantitative estimate of drug-likeness (QED) is 0.603. The van der Waals surface area contributed by atoms with Gasteiger partial charge < -0.3 is 5.11 Å². The highest BCUT2D eigenvalue weighted by Crippen LogP contribution is 2.16. The number of carbonyl (C=O) groups is 1. The van der Waals surface area contributed by atoms with Crippen molar-refractivity contribution in [3.05, 3.63) is 38.3 Å². The summed E-state index contributed by atoms with van der Waals surface area (Å²) >= 11 is 0. The van der Waals surface area contributed by atoms with Crippen LogP contribution in [0.2, 0.25) is 0 Å². The summed E-state index contributed by atoms with van der Waals surface area (Å²) in [7, 11) is 0. The van der Waals surface area contributed by atoms with Crippen LogP contribution in [0.3, 0.4) is 0 Å². The Hall–Kier alpha value is -2.18. The van der Waals surface area contributed by atoms with Gasteiger partial charge in [0.25, 0.3) is 11.2 Å². The molecule has 7 nitrogen and oxygen atoms in total. The van der Waals surface area contributed by atoms with E-state index in [0.29, 0.717) is 0 Å². The van der Waals surface area contributed by atoms with Crippen molar-refractivity contribution in [1.82, 2.24) is 4.57 Å². The minimum Gasteiger partial charge on any atom is -0.480 e. The zero-order chi connectivity index (χ0) is 12.5. The molecule has 0 aliphatic heterocycles. The second-order valence-corrected chi connectivity index (χ2v) is 3.36. The van der Waals surface area contributed by atoms with Gasteiger partial charge in [0.15, 0.2) is 0 Å². The van der Waals surface area contributed by atoms with E-state index in [2.05, 4.69) is 0 Å². The molecule has 1 rings (SSSR count). The van der Waals surface area contributed by atoms with E-state index in [1.54, 1.807) is 0 Å². The van der Waals surface area contributed by atoms with Gasteiger partial charge in [0.1, 0.15) is 6.04 Å². The Bertz CT molecular complexity index is 505. The number of aryl methyl sites for hydroxylation is 1. The van der Waals surface area contributed by atoms with Crippen LogP contribution < -0.4 is 5.56 Å². The minimum absolute atomic E-state index is 0.212. The summed E-state index contributed by atoms with van der Waals surface area (Å²) in [6.07, 6.45) is 0.955. The number of aromatic nitrogens is 1. The molecule has 1 heterocycles. The van der Waals surface area contributed by atoms with E-state index in [-0.39, 0.29) is 11.3 Å². The Balaban J connectivity index is 3.42. The summed E-state index contributed by atoms with van der Waals surface area (Å²) < 4.78 is 0.827. The molecule has 0 saturated carbocycles. The van der Waals surface area contributed by atoms with Crippen molar-refractivity contribution in [2.45, 2.75) is 19.9 Å². The largest absolute Gasteiger partial charge is 0.480 e. The fourth-order valence-electron chi connectivity index (χ4n) is 1.24. The normalized spacial score (nSPS) is 12.1. The number of nitrogens with zero attached hydrogens (tertiary/aromatic N) is 2. The van der Waals surface area contributed by atoms with Gasteiger partial charge in [-0.3, -0.25) is 19.5 Å². The topological polar surface area (TPSA) is 102 Å². The van der Waals surface area contributed by atoms with E-state index >= 15 is 0 Å². The van der Waals surface area contributed by atoms with Gasteiger partial charge in [0, 0.05) is 11.6 Å². The average molecular weight is 226 g/mol. The third-order valence-electron chi connectivity index (χ3n) is 2.23. The summed E-state index contributed by atoms with van der Waals surface area (Å²) in [5.41, 5.74) is -0.630. The van der Waals surface area contributed by atoms with Crippen molar-refractivity contribution in [2.75, 3.05) is 0 Å². The highest BCUT2D eigenvalue weighted by atomic mass is 16.6. The molecule has 0 saturated heterocycles. The molecule has 1 aromatic rings. The first kappa shape index (κ1) is 11.9. The Morgan fingerprint density at radius 2 is 2.19 bits per heavy atom. The first-order chi connectivity index (χ1) is 7.34. The Morgan fingerprint density at radius 3 is 2.62 bits per heavy atom. The van der Waals surface area contributed by atoms with E-state index in [4.69, 9.17) is 5.11 Å². The van der Waals surface area contributed by atoms with Crippen molar-refractivity contribution >= 4 is 11.7 Å². The molecule has 1 unspecified atom stereocenters. The zero-order valence-electron chi connectivity index (χ0n) is 8.71. The van der Waals surface area contributed by atoms with E-state index in [9.17, 15) is 19.7 Å². The smallest absolute Gasteiger partial charge is 0.326 e. The number of rotatable bonds is 3. The van der Waals surface area contributed by atoms with Gasteiger partial charge in [-0.25, -0.2) is 4.79 Å². The van der Waals surface area contributed by atoms with Crippen LogP contribution in [0.15, 0.2) is 17.1 Å². The first-order valence-electron chi connectivity index (χ1n) is 4.44. The van der Waals surface area contributed by atoms with Crippen molar-refractivity contribution < 1.29 is 14.8 Å². The molecule has 1 aromatic heterocycles. The van der Waals surface area contributed by atoms with Crippen LogP contribution in [0, 0.1) is 17.0 Å². The summed E-state index contributed by atoms with van der Waals surface area (Å²) in [4.78, 5) is 32.1. The lowest BCUT2D eigenvalue weighted by molar-refractivity contribution is -0.386. The number of aliphatic carboxylic acids is 1. The Morgan fingerprint density at radius 1 is 1.62 bits per heavy atom. The molecular formula is C9H10N2O5. The average Bonchev–Trinajstić information content (AvgIpc) is 2.16. The van der Waals surface area contributed by atoms with Gasteiger partial charge in [-0.05, 0) is 13.8 Å². The van der Waals surface area contributed by atoms with Crippen LogP contribution in [0.1, 0.15) is 18.5 Å². The molecule has 1 atom stereocenters. The van der Waals surface area contributed by atoms with Crippen LogP contribution in [0.5, 0.6) is 0 Å². The van der Waals surface area contributed by atoms with Gasteiger partial charge in [-0.15, -0.1) is 0 Å². The Labute approximate surface area is 90.1 Å².